The van der Waals surface area contributed by atoms with Crippen LogP contribution in [0.15, 0.2) is 30.0 Å². The van der Waals surface area contributed by atoms with Gasteiger partial charge in [0.2, 0.25) is 0 Å². The van der Waals surface area contributed by atoms with E-state index >= 15 is 0 Å². The molecule has 1 N–H and O–H groups in total. The summed E-state index contributed by atoms with van der Waals surface area (Å²) in [6, 6.07) is 4.08. The third-order valence-electron chi connectivity index (χ3n) is 4.54. The van der Waals surface area contributed by atoms with Crippen LogP contribution in [0.2, 0.25) is 0 Å². The maximum Gasteiger partial charge on any atom is 0.327 e. The smallest absolute Gasteiger partial charge is 0.327 e. The molecule has 0 aliphatic carbocycles. The Bertz CT molecular complexity index is 742. The Hall–Kier alpha value is -2.02. The molecule has 2 aliphatic heterocycles. The Kier molecular flexibility index (Phi) is 3.63. The van der Waals surface area contributed by atoms with Crippen molar-refractivity contribution in [1.82, 2.24) is 9.88 Å². The van der Waals surface area contributed by atoms with Crippen molar-refractivity contribution in [1.29, 1.82) is 0 Å². The summed E-state index contributed by atoms with van der Waals surface area (Å²) in [4.78, 5) is 30.2. The molecule has 0 saturated carbocycles. The fourth-order valence-corrected chi connectivity index (χ4v) is 4.57. The molecule has 7 heteroatoms. The van der Waals surface area contributed by atoms with Crippen LogP contribution in [0.3, 0.4) is 0 Å². The van der Waals surface area contributed by atoms with Crippen LogP contribution in [0.5, 0.6) is 0 Å². The highest BCUT2D eigenvalue weighted by Gasteiger charge is 2.61. The van der Waals surface area contributed by atoms with E-state index in [1.54, 1.807) is 24.4 Å². The Morgan fingerprint density at radius 1 is 1.43 bits per heavy atom. The average Bonchev–Trinajstić information content (AvgIpc) is 2.73. The van der Waals surface area contributed by atoms with Gasteiger partial charge >= 0.3 is 5.97 Å². The molecule has 3 rings (SSSR count). The van der Waals surface area contributed by atoms with Crippen LogP contribution in [0.25, 0.3) is 4.91 Å². The zero-order chi connectivity index (χ0) is 16.9. The zero-order valence-corrected chi connectivity index (χ0v) is 14.0. The molecule has 2 aliphatic rings. The lowest BCUT2D eigenvalue weighted by Crippen LogP contribution is -2.58. The SMILES string of the molecule is CS(=O)/C(=C1\C(=O)N2C1CC(C)(C)[C@@H]2C(=O)O)c1ccccn1. The average molecular weight is 334 g/mol. The van der Waals surface area contributed by atoms with Gasteiger partial charge < -0.3 is 10.0 Å². The lowest BCUT2D eigenvalue weighted by atomic mass is 9.83. The number of nitrogens with zero attached hydrogens (tertiary/aromatic N) is 2. The Balaban J connectivity index is 2.10. The van der Waals surface area contributed by atoms with Gasteiger partial charge in [-0.25, -0.2) is 4.79 Å². The van der Waals surface area contributed by atoms with E-state index in [0.717, 1.165) is 0 Å². The number of carboxylic acids is 1. The lowest BCUT2D eigenvalue weighted by Gasteiger charge is -2.41. The number of carbonyl (C=O) groups excluding carboxylic acids is 1. The summed E-state index contributed by atoms with van der Waals surface area (Å²) in [7, 11) is -1.39. The van der Waals surface area contributed by atoms with Gasteiger partial charge in [0, 0.05) is 12.5 Å². The first-order valence-electron chi connectivity index (χ1n) is 7.30. The molecule has 0 spiro atoms. The second-order valence-corrected chi connectivity index (χ2v) is 7.89. The maximum atomic E-state index is 12.6. The zero-order valence-electron chi connectivity index (χ0n) is 13.1. The molecule has 1 aromatic heterocycles. The van der Waals surface area contributed by atoms with E-state index in [-0.39, 0.29) is 11.9 Å². The summed E-state index contributed by atoms with van der Waals surface area (Å²) in [5.74, 6) is -1.34. The third kappa shape index (κ3) is 2.30. The number of rotatable bonds is 3. The van der Waals surface area contributed by atoms with E-state index < -0.39 is 28.2 Å². The van der Waals surface area contributed by atoms with Crippen molar-refractivity contribution in [2.45, 2.75) is 32.4 Å². The van der Waals surface area contributed by atoms with Gasteiger partial charge in [-0.05, 0) is 24.0 Å². The lowest BCUT2D eigenvalue weighted by molar-refractivity contribution is -0.154. The molecule has 23 heavy (non-hydrogen) atoms. The fraction of sp³-hybridized carbons (Fsp3) is 0.438. The molecule has 1 amide bonds. The predicted octanol–water partition coefficient (Wildman–Crippen LogP) is 1.27. The fourth-order valence-electron chi connectivity index (χ4n) is 3.62. The highest BCUT2D eigenvalue weighted by atomic mass is 32.2. The Morgan fingerprint density at radius 3 is 2.65 bits per heavy atom. The number of pyridine rings is 1. The number of β-lactam (4-membered cyclic amide) rings is 1. The van der Waals surface area contributed by atoms with Crippen LogP contribution in [0.4, 0.5) is 0 Å². The van der Waals surface area contributed by atoms with E-state index in [0.29, 0.717) is 22.6 Å². The second kappa shape index (κ2) is 5.26. The number of fused-ring (bicyclic) bond motifs is 1. The largest absolute Gasteiger partial charge is 0.480 e. The number of aliphatic carboxylic acids is 1. The summed E-state index contributed by atoms with van der Waals surface area (Å²) in [6.45, 7) is 3.69. The molecule has 2 saturated heterocycles. The Morgan fingerprint density at radius 2 is 2.13 bits per heavy atom. The third-order valence-corrected chi connectivity index (χ3v) is 5.54. The monoisotopic (exact) mass is 334 g/mol. The number of hydrogen-bond donors (Lipinski definition) is 1. The van der Waals surface area contributed by atoms with Gasteiger partial charge in [-0.15, -0.1) is 0 Å². The molecule has 2 fully saturated rings. The van der Waals surface area contributed by atoms with Gasteiger partial charge in [-0.1, -0.05) is 19.9 Å². The van der Waals surface area contributed by atoms with Crippen LogP contribution < -0.4 is 0 Å². The van der Waals surface area contributed by atoms with Crippen molar-refractivity contribution >= 4 is 27.6 Å². The highest BCUT2D eigenvalue weighted by Crippen LogP contribution is 2.50. The van der Waals surface area contributed by atoms with Crippen molar-refractivity contribution in [2.24, 2.45) is 5.41 Å². The van der Waals surface area contributed by atoms with Crippen LogP contribution in [0.1, 0.15) is 26.0 Å². The first kappa shape index (κ1) is 15.9. The van der Waals surface area contributed by atoms with Crippen molar-refractivity contribution in [3.63, 3.8) is 0 Å². The van der Waals surface area contributed by atoms with Crippen molar-refractivity contribution in [3.05, 3.63) is 35.7 Å². The summed E-state index contributed by atoms with van der Waals surface area (Å²) in [5, 5.41) is 9.46. The number of carboxylic acid groups (broad SMARTS) is 1. The minimum atomic E-state index is -1.39. The van der Waals surface area contributed by atoms with Crippen molar-refractivity contribution in [3.8, 4) is 0 Å². The standard InChI is InChI=1S/C16H18N2O4S/c1-16(2)8-10-11(14(19)18(10)13(16)15(20)21)12(23(3)22)9-6-4-5-7-17-9/h4-7,10,13H,8H2,1-3H3,(H,20,21)/b12-11-/t10?,13-,23?/m0/s1. The summed E-state index contributed by atoms with van der Waals surface area (Å²) in [5.41, 5.74) is 0.424. The normalized spacial score (nSPS) is 28.8. The van der Waals surface area contributed by atoms with Crippen molar-refractivity contribution in [2.75, 3.05) is 6.26 Å². The van der Waals surface area contributed by atoms with E-state index in [9.17, 15) is 18.9 Å². The van der Waals surface area contributed by atoms with Crippen LogP contribution in [0, 0.1) is 5.41 Å². The molecule has 1 aromatic rings. The van der Waals surface area contributed by atoms with E-state index in [2.05, 4.69) is 4.98 Å². The van der Waals surface area contributed by atoms with Crippen LogP contribution in [-0.4, -0.2) is 49.4 Å². The second-order valence-electron chi connectivity index (χ2n) is 6.57. The van der Waals surface area contributed by atoms with E-state index in [4.69, 9.17) is 0 Å². The first-order chi connectivity index (χ1) is 10.8. The van der Waals surface area contributed by atoms with Gasteiger partial charge in [-0.3, -0.25) is 14.0 Å². The first-order valence-corrected chi connectivity index (χ1v) is 8.86. The molecule has 6 nitrogen and oxygen atoms in total. The molecule has 3 atom stereocenters. The molecule has 0 aromatic carbocycles. The van der Waals surface area contributed by atoms with E-state index in [1.165, 1.54) is 11.2 Å². The molecule has 0 bridgehead atoms. The topological polar surface area (TPSA) is 87.6 Å². The highest BCUT2D eigenvalue weighted by molar-refractivity contribution is 7.94. The summed E-state index contributed by atoms with van der Waals surface area (Å²) in [6.07, 6.45) is 3.64. The van der Waals surface area contributed by atoms with Gasteiger partial charge in [0.1, 0.15) is 6.04 Å². The minimum absolute atomic E-state index is 0.306. The van der Waals surface area contributed by atoms with Gasteiger partial charge in [-0.2, -0.15) is 0 Å². The van der Waals surface area contributed by atoms with Crippen LogP contribution >= 0.6 is 0 Å². The molecule has 122 valence electrons. The molecule has 0 radical (unpaired) electrons. The van der Waals surface area contributed by atoms with Crippen LogP contribution in [-0.2, 0) is 20.4 Å². The van der Waals surface area contributed by atoms with Gasteiger partial charge in [0.15, 0.2) is 0 Å². The molecule has 3 heterocycles. The van der Waals surface area contributed by atoms with Gasteiger partial charge in [0.25, 0.3) is 5.91 Å². The number of amides is 1. The van der Waals surface area contributed by atoms with Crippen molar-refractivity contribution < 1.29 is 18.9 Å². The summed E-state index contributed by atoms with van der Waals surface area (Å²) >= 11 is 0. The molecular weight excluding hydrogens is 316 g/mol. The summed E-state index contributed by atoms with van der Waals surface area (Å²) < 4.78 is 12.2. The molecular formula is C16H18N2O4S. The molecule has 2 unspecified atom stereocenters. The predicted molar refractivity (Wildman–Crippen MR) is 85.7 cm³/mol. The number of carbonyl (C=O) groups is 2. The van der Waals surface area contributed by atoms with Gasteiger partial charge in [0.05, 0.1) is 33.0 Å². The minimum Gasteiger partial charge on any atom is -0.480 e. The number of hydrogen-bond acceptors (Lipinski definition) is 4. The van der Waals surface area contributed by atoms with E-state index in [1.807, 2.05) is 13.8 Å². The number of aromatic nitrogens is 1. The quantitative estimate of drug-likeness (QED) is 0.664. The Labute approximate surface area is 136 Å². The maximum absolute atomic E-state index is 12.6.